The third kappa shape index (κ3) is 4.20. The van der Waals surface area contributed by atoms with E-state index in [1.165, 1.54) is 0 Å². The van der Waals surface area contributed by atoms with Gasteiger partial charge in [0, 0.05) is 20.1 Å². The molecule has 1 N–H and O–H groups in total. The second-order valence-corrected chi connectivity index (χ2v) is 5.31. The molecule has 0 aromatic rings. The molecule has 5 heteroatoms. The van der Waals surface area contributed by atoms with E-state index in [0.717, 1.165) is 19.4 Å². The summed E-state index contributed by atoms with van der Waals surface area (Å²) in [7, 11) is 1.72. The summed E-state index contributed by atoms with van der Waals surface area (Å²) >= 11 is 0. The molecule has 2 amide bonds. The van der Waals surface area contributed by atoms with Gasteiger partial charge in [-0.3, -0.25) is 9.59 Å². The van der Waals surface area contributed by atoms with Crippen LogP contribution in [0.1, 0.15) is 33.6 Å². The lowest BCUT2D eigenvalue weighted by Crippen LogP contribution is -2.53. The first-order valence-corrected chi connectivity index (χ1v) is 7.27. The lowest BCUT2D eigenvalue weighted by atomic mass is 9.92. The number of amides is 2. The lowest BCUT2D eigenvalue weighted by Gasteiger charge is -2.32. The highest BCUT2D eigenvalue weighted by atomic mass is 16.2. The molecule has 0 bridgehead atoms. The van der Waals surface area contributed by atoms with Gasteiger partial charge in [0.1, 0.15) is 0 Å². The summed E-state index contributed by atoms with van der Waals surface area (Å²) in [6.07, 6.45) is 2.19. The first-order valence-electron chi connectivity index (χ1n) is 7.27. The van der Waals surface area contributed by atoms with E-state index in [1.54, 1.807) is 16.8 Å². The van der Waals surface area contributed by atoms with Crippen LogP contribution in [0, 0.1) is 5.92 Å². The molecule has 0 spiro atoms. The number of nitrogens with zero attached hydrogens (tertiary/aromatic N) is 2. The molecule has 1 aliphatic rings. The molecule has 0 radical (unpaired) electrons. The minimum absolute atomic E-state index is 0.0179. The molecular formula is C14H27N3O2. The molecule has 2 atom stereocenters. The van der Waals surface area contributed by atoms with Crippen LogP contribution >= 0.6 is 0 Å². The Hall–Kier alpha value is -1.10. The summed E-state index contributed by atoms with van der Waals surface area (Å²) in [5, 5.41) is 3.26. The molecule has 1 aliphatic heterocycles. The third-order valence-corrected chi connectivity index (χ3v) is 3.90. The van der Waals surface area contributed by atoms with Crippen LogP contribution in [-0.4, -0.2) is 60.9 Å². The van der Waals surface area contributed by atoms with Crippen LogP contribution in [0.25, 0.3) is 0 Å². The van der Waals surface area contributed by atoms with Crippen molar-refractivity contribution in [3.63, 3.8) is 0 Å². The van der Waals surface area contributed by atoms with Crippen LogP contribution in [0.3, 0.4) is 0 Å². The minimum atomic E-state index is -0.136. The van der Waals surface area contributed by atoms with E-state index in [4.69, 9.17) is 0 Å². The highest BCUT2D eigenvalue weighted by Crippen LogP contribution is 2.17. The normalized spacial score (nSPS) is 22.9. The average Bonchev–Trinajstić information content (AvgIpc) is 2.39. The smallest absolute Gasteiger partial charge is 0.242 e. The number of carbonyl (C=O) groups excluding carboxylic acids is 2. The van der Waals surface area contributed by atoms with E-state index < -0.39 is 0 Å². The Labute approximate surface area is 116 Å². The van der Waals surface area contributed by atoms with Crippen molar-refractivity contribution in [2.75, 3.05) is 33.2 Å². The standard InChI is InChI=1S/C14H27N3O2/c1-5-17(6-2)12(18)10-16(4)14(19)13-11(3)8-7-9-15-13/h11,13,15H,5-10H2,1-4H3. The zero-order chi connectivity index (χ0) is 14.4. The van der Waals surface area contributed by atoms with Gasteiger partial charge in [0.15, 0.2) is 0 Å². The van der Waals surface area contributed by atoms with E-state index in [2.05, 4.69) is 12.2 Å². The highest BCUT2D eigenvalue weighted by molar-refractivity contribution is 5.87. The molecule has 0 aromatic carbocycles. The SMILES string of the molecule is CCN(CC)C(=O)CN(C)C(=O)C1NCCCC1C. The Morgan fingerprint density at radius 2 is 1.89 bits per heavy atom. The average molecular weight is 269 g/mol. The molecule has 0 aliphatic carbocycles. The Balaban J connectivity index is 2.54. The van der Waals surface area contributed by atoms with Crippen molar-refractivity contribution < 1.29 is 9.59 Å². The summed E-state index contributed by atoms with van der Waals surface area (Å²) in [4.78, 5) is 27.6. The van der Waals surface area contributed by atoms with Crippen LogP contribution < -0.4 is 5.32 Å². The molecule has 1 heterocycles. The Bertz CT molecular complexity index is 316. The Kier molecular flexibility index (Phi) is 6.28. The van der Waals surface area contributed by atoms with Crippen molar-refractivity contribution in [1.29, 1.82) is 0 Å². The van der Waals surface area contributed by atoms with E-state index >= 15 is 0 Å². The van der Waals surface area contributed by atoms with Crippen molar-refractivity contribution in [2.24, 2.45) is 5.92 Å². The van der Waals surface area contributed by atoms with Crippen molar-refractivity contribution in [3.05, 3.63) is 0 Å². The lowest BCUT2D eigenvalue weighted by molar-refractivity contribution is -0.141. The zero-order valence-electron chi connectivity index (χ0n) is 12.6. The molecule has 1 rings (SSSR count). The van der Waals surface area contributed by atoms with Crippen molar-refractivity contribution in [1.82, 2.24) is 15.1 Å². The summed E-state index contributed by atoms with van der Waals surface area (Å²) in [6, 6.07) is -0.136. The van der Waals surface area contributed by atoms with Crippen LogP contribution in [0.5, 0.6) is 0 Å². The van der Waals surface area contributed by atoms with Gasteiger partial charge in [-0.05, 0) is 39.2 Å². The fourth-order valence-corrected chi connectivity index (χ4v) is 2.57. The molecular weight excluding hydrogens is 242 g/mol. The number of rotatable bonds is 5. The van der Waals surface area contributed by atoms with Gasteiger partial charge in [0.05, 0.1) is 12.6 Å². The Morgan fingerprint density at radius 1 is 1.26 bits per heavy atom. The predicted octanol–water partition coefficient (Wildman–Crippen LogP) is 0.701. The van der Waals surface area contributed by atoms with Gasteiger partial charge in [-0.25, -0.2) is 0 Å². The van der Waals surface area contributed by atoms with E-state index in [9.17, 15) is 9.59 Å². The van der Waals surface area contributed by atoms with Crippen molar-refractivity contribution in [2.45, 2.75) is 39.7 Å². The largest absolute Gasteiger partial charge is 0.342 e. The first kappa shape index (κ1) is 16.0. The summed E-state index contributed by atoms with van der Waals surface area (Å²) in [5.74, 6) is 0.393. The summed E-state index contributed by atoms with van der Waals surface area (Å²) in [5.41, 5.74) is 0. The molecule has 0 saturated carbocycles. The highest BCUT2D eigenvalue weighted by Gasteiger charge is 2.30. The zero-order valence-corrected chi connectivity index (χ0v) is 12.6. The van der Waals surface area contributed by atoms with Crippen molar-refractivity contribution >= 4 is 11.8 Å². The quantitative estimate of drug-likeness (QED) is 0.799. The maximum absolute atomic E-state index is 12.3. The number of hydrogen-bond acceptors (Lipinski definition) is 3. The number of hydrogen-bond donors (Lipinski definition) is 1. The van der Waals surface area contributed by atoms with Gasteiger partial charge in [-0.2, -0.15) is 0 Å². The van der Waals surface area contributed by atoms with Crippen LogP contribution in [0.4, 0.5) is 0 Å². The molecule has 1 fully saturated rings. The fraction of sp³-hybridized carbons (Fsp3) is 0.857. The molecule has 2 unspecified atom stereocenters. The molecule has 1 saturated heterocycles. The topological polar surface area (TPSA) is 52.7 Å². The molecule has 110 valence electrons. The summed E-state index contributed by atoms with van der Waals surface area (Å²) < 4.78 is 0. The first-order chi connectivity index (χ1) is 9.01. The van der Waals surface area contributed by atoms with Gasteiger partial charge in [-0.1, -0.05) is 6.92 Å². The maximum Gasteiger partial charge on any atom is 0.242 e. The van der Waals surface area contributed by atoms with Gasteiger partial charge >= 0.3 is 0 Å². The number of nitrogens with one attached hydrogen (secondary N) is 1. The van der Waals surface area contributed by atoms with E-state index in [-0.39, 0.29) is 24.4 Å². The number of piperidine rings is 1. The predicted molar refractivity (Wildman–Crippen MR) is 75.8 cm³/mol. The molecule has 5 nitrogen and oxygen atoms in total. The van der Waals surface area contributed by atoms with Gasteiger partial charge in [-0.15, -0.1) is 0 Å². The monoisotopic (exact) mass is 269 g/mol. The summed E-state index contributed by atoms with van der Waals surface area (Å²) in [6.45, 7) is 8.44. The maximum atomic E-state index is 12.3. The van der Waals surface area contributed by atoms with Crippen LogP contribution in [0.15, 0.2) is 0 Å². The van der Waals surface area contributed by atoms with Gasteiger partial charge < -0.3 is 15.1 Å². The van der Waals surface area contributed by atoms with Crippen LogP contribution in [-0.2, 0) is 9.59 Å². The number of carbonyl (C=O) groups is 2. The number of likely N-dealkylation sites (N-methyl/N-ethyl adjacent to an activating group) is 2. The Morgan fingerprint density at radius 3 is 2.42 bits per heavy atom. The minimum Gasteiger partial charge on any atom is -0.342 e. The van der Waals surface area contributed by atoms with E-state index in [0.29, 0.717) is 19.0 Å². The second kappa shape index (κ2) is 7.48. The second-order valence-electron chi connectivity index (χ2n) is 5.31. The van der Waals surface area contributed by atoms with Gasteiger partial charge in [0.2, 0.25) is 11.8 Å². The molecule has 19 heavy (non-hydrogen) atoms. The third-order valence-electron chi connectivity index (χ3n) is 3.90. The fourth-order valence-electron chi connectivity index (χ4n) is 2.57. The molecule has 0 aromatic heterocycles. The van der Waals surface area contributed by atoms with E-state index in [1.807, 2.05) is 13.8 Å². The van der Waals surface area contributed by atoms with Gasteiger partial charge in [0.25, 0.3) is 0 Å². The van der Waals surface area contributed by atoms with Crippen molar-refractivity contribution in [3.8, 4) is 0 Å². The van der Waals surface area contributed by atoms with Crippen LogP contribution in [0.2, 0.25) is 0 Å².